The van der Waals surface area contributed by atoms with Crippen molar-refractivity contribution >= 4 is 37.9 Å². The quantitative estimate of drug-likeness (QED) is 0.105. The van der Waals surface area contributed by atoms with E-state index in [1.54, 1.807) is 32.8 Å². The molecule has 0 aliphatic rings. The van der Waals surface area contributed by atoms with Crippen molar-refractivity contribution in [2.45, 2.75) is 53.5 Å². The molecule has 3 aromatic rings. The summed E-state index contributed by atoms with van der Waals surface area (Å²) in [6.07, 6.45) is -4.28. The summed E-state index contributed by atoms with van der Waals surface area (Å²) in [5.74, 6) is -1.60. The highest BCUT2D eigenvalue weighted by Crippen LogP contribution is 2.37. The summed E-state index contributed by atoms with van der Waals surface area (Å²) in [7, 11) is -0.121. The van der Waals surface area contributed by atoms with Crippen molar-refractivity contribution in [3.63, 3.8) is 0 Å². The summed E-state index contributed by atoms with van der Waals surface area (Å²) in [5.41, 5.74) is -0.891. The lowest BCUT2D eigenvalue weighted by atomic mass is 9.74. The van der Waals surface area contributed by atoms with E-state index >= 15 is 4.39 Å². The number of nitrogens with one attached hydrogen (secondary N) is 1. The molecule has 13 heteroatoms. The lowest BCUT2D eigenvalue weighted by Crippen LogP contribution is -2.30. The molecule has 0 aliphatic carbocycles. The molecule has 1 aromatic heterocycles. The van der Waals surface area contributed by atoms with Crippen LogP contribution in [0.15, 0.2) is 48.7 Å². The number of hydrogen-bond donors (Lipinski definition) is 1. The number of esters is 1. The first kappa shape index (κ1) is 33.7. The van der Waals surface area contributed by atoms with E-state index in [0.29, 0.717) is 29.1 Å². The fourth-order valence-electron chi connectivity index (χ4n) is 4.44. The third kappa shape index (κ3) is 8.63. The van der Waals surface area contributed by atoms with Gasteiger partial charge in [0.2, 0.25) is 5.91 Å². The molecule has 3 rings (SSSR count). The van der Waals surface area contributed by atoms with Crippen molar-refractivity contribution in [1.29, 1.82) is 0 Å². The van der Waals surface area contributed by atoms with Gasteiger partial charge in [0, 0.05) is 17.4 Å². The molecule has 0 atom stereocenters. The van der Waals surface area contributed by atoms with Crippen LogP contribution >= 0.6 is 8.34 Å². The predicted molar refractivity (Wildman–Crippen MR) is 158 cm³/mol. The van der Waals surface area contributed by atoms with Crippen LogP contribution in [0.2, 0.25) is 6.82 Å². The van der Waals surface area contributed by atoms with Crippen molar-refractivity contribution in [2.24, 2.45) is 5.41 Å². The number of aromatic nitrogens is 1. The molecule has 1 N–H and O–H groups in total. The molecule has 0 fully saturated rings. The number of nitrogens with zero attached hydrogens (tertiary/aromatic N) is 1. The minimum Gasteiger partial charge on any atom is -0.493 e. The summed E-state index contributed by atoms with van der Waals surface area (Å²) < 4.78 is 78.7. The topological polar surface area (TPSA) is 94.6 Å². The van der Waals surface area contributed by atoms with Gasteiger partial charge in [-0.1, -0.05) is 25.0 Å². The Morgan fingerprint density at radius 3 is 2.30 bits per heavy atom. The van der Waals surface area contributed by atoms with E-state index in [0.717, 1.165) is 6.07 Å². The molecule has 0 bridgehead atoms. The number of ether oxygens (including phenoxy) is 2. The predicted octanol–water partition coefficient (Wildman–Crippen LogP) is 6.74. The molecule has 2 aromatic carbocycles. The SMILES string of the molecule is CCOC(=O)C(C)(C)Cc1ccc(NC(=O)Cc2ccc(-c3cnc(B(C)P=O)c(OCC)c3)cc2F)cc1C(F)(F)F. The van der Waals surface area contributed by atoms with Crippen LogP contribution in [0.4, 0.5) is 23.2 Å². The van der Waals surface area contributed by atoms with Gasteiger partial charge >= 0.3 is 18.6 Å². The summed E-state index contributed by atoms with van der Waals surface area (Å²) in [4.78, 5) is 29.3. The van der Waals surface area contributed by atoms with Gasteiger partial charge in [-0.2, -0.15) is 13.2 Å². The molecule has 0 aliphatic heterocycles. The van der Waals surface area contributed by atoms with Crippen LogP contribution in [0.1, 0.15) is 44.4 Å². The molecule has 1 heterocycles. The standard InChI is InChI=1S/C30H32BF4N2O5P/c1-6-41-25-13-21(17-36-27(25)31(5)43-40)18-8-9-19(24(32)12-18)14-26(38)37-22-11-10-20(23(15-22)30(33,34)35)16-29(3,4)28(39)42-7-2/h8-13,15,17H,6-7,14,16H2,1-5H3,(H,37,38). The molecule has 0 unspecified atom stereocenters. The highest BCUT2D eigenvalue weighted by Gasteiger charge is 2.37. The first-order chi connectivity index (χ1) is 20.2. The van der Waals surface area contributed by atoms with Crippen LogP contribution in [0.3, 0.4) is 0 Å². The van der Waals surface area contributed by atoms with Gasteiger partial charge < -0.3 is 14.8 Å². The number of carbonyl (C=O) groups is 2. The highest BCUT2D eigenvalue weighted by molar-refractivity contribution is 7.69. The van der Waals surface area contributed by atoms with Gasteiger partial charge in [0.05, 0.1) is 36.2 Å². The number of pyridine rings is 1. The summed E-state index contributed by atoms with van der Waals surface area (Å²) in [5, 5.41) is 2.40. The maximum atomic E-state index is 15.0. The number of halogens is 4. The molecular formula is C30H32BF4N2O5P. The second kappa shape index (κ2) is 14.1. The van der Waals surface area contributed by atoms with Gasteiger partial charge in [-0.3, -0.25) is 19.1 Å². The van der Waals surface area contributed by atoms with Crippen LogP contribution in [0.5, 0.6) is 5.75 Å². The number of alkyl halides is 3. The van der Waals surface area contributed by atoms with Crippen LogP contribution < -0.4 is 15.6 Å². The maximum absolute atomic E-state index is 15.0. The van der Waals surface area contributed by atoms with Gasteiger partial charge in [-0.05, 0) is 75.1 Å². The van der Waals surface area contributed by atoms with E-state index < -0.39 is 47.7 Å². The Bertz CT molecular complexity index is 1500. The number of carbonyl (C=O) groups excluding carboxylic acids is 2. The second-order valence-electron chi connectivity index (χ2n) is 10.5. The molecule has 228 valence electrons. The first-order valence-electron chi connectivity index (χ1n) is 13.6. The van der Waals surface area contributed by atoms with Crippen molar-refractivity contribution < 1.29 is 41.2 Å². The van der Waals surface area contributed by atoms with E-state index in [2.05, 4.69) is 10.3 Å². The fraction of sp³-hybridized carbons (Fsp3) is 0.367. The van der Waals surface area contributed by atoms with Gasteiger partial charge in [0.15, 0.2) is 0 Å². The Morgan fingerprint density at radius 2 is 1.70 bits per heavy atom. The second-order valence-corrected chi connectivity index (χ2v) is 11.5. The fourth-order valence-corrected chi connectivity index (χ4v) is 4.74. The number of anilines is 1. The van der Waals surface area contributed by atoms with Crippen molar-refractivity contribution in [2.75, 3.05) is 18.5 Å². The Balaban J connectivity index is 1.79. The molecule has 0 radical (unpaired) electrons. The molecule has 1 amide bonds. The van der Waals surface area contributed by atoms with Crippen molar-refractivity contribution in [1.82, 2.24) is 4.98 Å². The Labute approximate surface area is 249 Å². The number of benzene rings is 2. The van der Waals surface area contributed by atoms with Gasteiger partial charge in [-0.25, -0.2) is 4.39 Å². The average molecular weight is 618 g/mol. The Morgan fingerprint density at radius 1 is 1.00 bits per heavy atom. The zero-order valence-electron chi connectivity index (χ0n) is 24.5. The van der Waals surface area contributed by atoms with Crippen LogP contribution in [-0.4, -0.2) is 36.5 Å². The Hall–Kier alpha value is -3.79. The van der Waals surface area contributed by atoms with E-state index in [1.165, 1.54) is 44.3 Å². The lowest BCUT2D eigenvalue weighted by molar-refractivity contribution is -0.154. The van der Waals surface area contributed by atoms with E-state index in [1.807, 2.05) is 0 Å². The Kier molecular flexibility index (Phi) is 11.1. The third-order valence-electron chi connectivity index (χ3n) is 6.63. The molecule has 7 nitrogen and oxygen atoms in total. The largest absolute Gasteiger partial charge is 0.493 e. The minimum absolute atomic E-state index is 0.0403. The smallest absolute Gasteiger partial charge is 0.416 e. The molecule has 0 saturated heterocycles. The van der Waals surface area contributed by atoms with Crippen molar-refractivity contribution in [3.05, 3.63) is 71.2 Å². The van der Waals surface area contributed by atoms with Crippen LogP contribution in [0.25, 0.3) is 11.1 Å². The van der Waals surface area contributed by atoms with Gasteiger partial charge in [0.1, 0.15) is 19.9 Å². The third-order valence-corrected chi connectivity index (χ3v) is 7.19. The zero-order valence-corrected chi connectivity index (χ0v) is 25.4. The van der Waals surface area contributed by atoms with Crippen LogP contribution in [0, 0.1) is 11.2 Å². The molecule has 0 saturated carbocycles. The molecular weight excluding hydrogens is 586 g/mol. The van der Waals surface area contributed by atoms with Crippen molar-refractivity contribution in [3.8, 4) is 16.9 Å². The molecule has 0 spiro atoms. The number of rotatable bonds is 12. The van der Waals surface area contributed by atoms with E-state index in [-0.39, 0.29) is 38.2 Å². The number of amides is 1. The minimum atomic E-state index is -4.75. The number of hydrogen-bond acceptors (Lipinski definition) is 6. The summed E-state index contributed by atoms with van der Waals surface area (Å²) in [6, 6.07) is 9.23. The van der Waals surface area contributed by atoms with E-state index in [4.69, 9.17) is 9.47 Å². The summed E-state index contributed by atoms with van der Waals surface area (Å²) in [6.45, 7) is 8.58. The first-order valence-corrected chi connectivity index (χ1v) is 14.5. The normalized spacial score (nSPS) is 11.7. The monoisotopic (exact) mass is 618 g/mol. The average Bonchev–Trinajstić information content (AvgIpc) is 2.94. The molecule has 43 heavy (non-hydrogen) atoms. The summed E-state index contributed by atoms with van der Waals surface area (Å²) >= 11 is 0. The van der Waals surface area contributed by atoms with Gasteiger partial charge in [-0.15, -0.1) is 0 Å². The zero-order chi connectivity index (χ0) is 31.9. The highest BCUT2D eigenvalue weighted by atomic mass is 31.1. The van der Waals surface area contributed by atoms with E-state index in [9.17, 15) is 27.3 Å². The maximum Gasteiger partial charge on any atom is 0.416 e. The van der Waals surface area contributed by atoms with Gasteiger partial charge in [0.25, 0.3) is 0 Å². The van der Waals surface area contributed by atoms with Crippen LogP contribution in [-0.2, 0) is 37.9 Å². The lowest BCUT2D eigenvalue weighted by Gasteiger charge is -2.24.